The quantitative estimate of drug-likeness (QED) is 0.493. The Morgan fingerprint density at radius 2 is 1.67 bits per heavy atom. The van der Waals surface area contributed by atoms with Gasteiger partial charge in [-0.1, -0.05) is 43.3 Å². The lowest BCUT2D eigenvalue weighted by molar-refractivity contribution is -0.112. The van der Waals surface area contributed by atoms with Gasteiger partial charge in [-0.25, -0.2) is 0 Å². The number of carbonyl (C=O) groups excluding carboxylic acids is 2. The van der Waals surface area contributed by atoms with Gasteiger partial charge in [-0.3, -0.25) is 9.59 Å². The van der Waals surface area contributed by atoms with E-state index < -0.39 is 11.7 Å². The first kappa shape index (κ1) is 21.1. The van der Waals surface area contributed by atoms with Crippen molar-refractivity contribution in [3.05, 3.63) is 59.2 Å². The number of amides is 1. The number of phenols is 1. The minimum absolute atomic E-state index is 0. The molecule has 1 amide bonds. The number of carbonyl (C=O) groups is 2. The number of ketones is 1. The highest BCUT2D eigenvalue weighted by atomic mass is 79.9. The van der Waals surface area contributed by atoms with Crippen LogP contribution in [-0.2, 0) is 17.6 Å². The molecule has 0 atom stereocenters. The van der Waals surface area contributed by atoms with Crippen LogP contribution in [0.1, 0.15) is 34.8 Å². The Morgan fingerprint density at radius 1 is 0.963 bits per heavy atom. The second kappa shape index (κ2) is 9.67. The van der Waals surface area contributed by atoms with Crippen LogP contribution in [-0.4, -0.2) is 41.3 Å². The minimum Gasteiger partial charge on any atom is -0.506 e. The zero-order valence-electron chi connectivity index (χ0n) is 15.4. The van der Waals surface area contributed by atoms with Crippen LogP contribution in [0.2, 0.25) is 0 Å². The molecule has 5 nitrogen and oxygen atoms in total. The molecule has 0 unspecified atom stereocenters. The molecule has 1 heterocycles. The van der Waals surface area contributed by atoms with Crippen LogP contribution in [0, 0.1) is 0 Å². The number of Topliss-reactive ketones (excluding diaryl/α,β-unsaturated/α-hetero) is 1. The van der Waals surface area contributed by atoms with Crippen LogP contribution in [0.25, 0.3) is 0 Å². The minimum atomic E-state index is -0.669. The van der Waals surface area contributed by atoms with Crippen molar-refractivity contribution in [2.75, 3.05) is 25.0 Å². The molecule has 1 aliphatic heterocycles. The van der Waals surface area contributed by atoms with Crippen LogP contribution in [0.3, 0.4) is 0 Å². The van der Waals surface area contributed by atoms with Gasteiger partial charge in [-0.05, 0) is 43.0 Å². The third-order valence-electron chi connectivity index (χ3n) is 4.74. The van der Waals surface area contributed by atoms with Crippen LogP contribution in [0.5, 0.6) is 5.75 Å². The first-order chi connectivity index (χ1) is 12.6. The van der Waals surface area contributed by atoms with E-state index >= 15 is 0 Å². The van der Waals surface area contributed by atoms with Crippen molar-refractivity contribution in [3.8, 4) is 5.75 Å². The van der Waals surface area contributed by atoms with Gasteiger partial charge >= 0.3 is 0 Å². The van der Waals surface area contributed by atoms with Crippen LogP contribution in [0.4, 0.5) is 5.69 Å². The molecule has 27 heavy (non-hydrogen) atoms. The fraction of sp³-hybridized carbons (Fsp3) is 0.333. The predicted octanol–water partition coefficient (Wildman–Crippen LogP) is 3.60. The van der Waals surface area contributed by atoms with Crippen molar-refractivity contribution in [1.29, 1.82) is 0 Å². The molecule has 0 fully saturated rings. The summed E-state index contributed by atoms with van der Waals surface area (Å²) >= 11 is 0. The van der Waals surface area contributed by atoms with Gasteiger partial charge in [0.25, 0.3) is 11.7 Å². The number of aromatic hydroxyl groups is 1. The summed E-state index contributed by atoms with van der Waals surface area (Å²) in [5.41, 5.74) is 2.70. The maximum atomic E-state index is 12.1. The zero-order chi connectivity index (χ0) is 18.5. The van der Waals surface area contributed by atoms with Gasteiger partial charge in [0.1, 0.15) is 5.75 Å². The van der Waals surface area contributed by atoms with E-state index in [0.717, 1.165) is 38.0 Å². The molecule has 2 aromatic rings. The third kappa shape index (κ3) is 4.96. The average molecular weight is 433 g/mol. The maximum Gasteiger partial charge on any atom is 0.296 e. The molecule has 0 aliphatic carbocycles. The Labute approximate surface area is 170 Å². The summed E-state index contributed by atoms with van der Waals surface area (Å²) < 4.78 is 0. The second-order valence-corrected chi connectivity index (χ2v) is 6.60. The molecule has 6 heteroatoms. The summed E-state index contributed by atoms with van der Waals surface area (Å²) in [6.45, 7) is 4.89. The number of fused-ring (bicyclic) bond motifs is 1. The molecule has 3 rings (SSSR count). The highest BCUT2D eigenvalue weighted by molar-refractivity contribution is 8.93. The fourth-order valence-electron chi connectivity index (χ4n) is 3.37. The topological polar surface area (TPSA) is 69.6 Å². The van der Waals surface area contributed by atoms with Gasteiger partial charge < -0.3 is 15.3 Å². The molecule has 2 aromatic carbocycles. The molecule has 2 N–H and O–H groups in total. The molecule has 0 saturated heterocycles. The van der Waals surface area contributed by atoms with Gasteiger partial charge in [0.15, 0.2) is 0 Å². The largest absolute Gasteiger partial charge is 0.506 e. The number of rotatable bonds is 8. The van der Waals surface area contributed by atoms with E-state index in [0.29, 0.717) is 12.0 Å². The van der Waals surface area contributed by atoms with Crippen molar-refractivity contribution in [3.63, 3.8) is 0 Å². The van der Waals surface area contributed by atoms with Crippen molar-refractivity contribution < 1.29 is 14.7 Å². The molecule has 144 valence electrons. The van der Waals surface area contributed by atoms with Crippen LogP contribution in [0.15, 0.2) is 42.5 Å². The first-order valence-electron chi connectivity index (χ1n) is 9.07. The third-order valence-corrected chi connectivity index (χ3v) is 4.74. The number of hydrogen-bond donors (Lipinski definition) is 2. The normalized spacial score (nSPS) is 12.7. The van der Waals surface area contributed by atoms with Gasteiger partial charge in [0.2, 0.25) is 0 Å². The van der Waals surface area contributed by atoms with E-state index in [-0.39, 0.29) is 28.4 Å². The van der Waals surface area contributed by atoms with Gasteiger partial charge in [-0.15, -0.1) is 17.0 Å². The number of halogens is 1. The molecule has 0 bridgehead atoms. The van der Waals surface area contributed by atoms with E-state index in [1.165, 1.54) is 5.56 Å². The van der Waals surface area contributed by atoms with Gasteiger partial charge in [-0.2, -0.15) is 0 Å². The highest BCUT2D eigenvalue weighted by Crippen LogP contribution is 2.35. The number of anilines is 1. The number of benzene rings is 2. The second-order valence-electron chi connectivity index (χ2n) is 6.60. The molecule has 0 saturated carbocycles. The van der Waals surface area contributed by atoms with E-state index in [1.807, 2.05) is 6.07 Å². The van der Waals surface area contributed by atoms with E-state index in [2.05, 4.69) is 41.4 Å². The summed E-state index contributed by atoms with van der Waals surface area (Å²) in [6.07, 6.45) is 2.70. The van der Waals surface area contributed by atoms with Crippen LogP contribution >= 0.6 is 17.0 Å². The Hall–Kier alpha value is -2.18. The number of hydrogen-bond acceptors (Lipinski definition) is 4. The SMILES string of the molecule is Br.CCCN(CCc1ccccc1)CCc1ccc(O)c2c1C(=O)C(=O)N2. The Balaban J connectivity index is 0.00000261. The number of nitrogens with one attached hydrogen (secondary N) is 1. The zero-order valence-corrected chi connectivity index (χ0v) is 17.1. The van der Waals surface area contributed by atoms with Crippen molar-refractivity contribution in [1.82, 2.24) is 4.90 Å². The van der Waals surface area contributed by atoms with E-state index in [9.17, 15) is 14.7 Å². The summed E-state index contributed by atoms with van der Waals surface area (Å²) in [6, 6.07) is 13.7. The van der Waals surface area contributed by atoms with Crippen LogP contribution < -0.4 is 5.32 Å². The summed E-state index contributed by atoms with van der Waals surface area (Å²) in [7, 11) is 0. The lowest BCUT2D eigenvalue weighted by Crippen LogP contribution is -2.29. The predicted molar refractivity (Wildman–Crippen MR) is 112 cm³/mol. The van der Waals surface area contributed by atoms with E-state index in [4.69, 9.17) is 0 Å². The lowest BCUT2D eigenvalue weighted by Gasteiger charge is -2.22. The van der Waals surface area contributed by atoms with Crippen molar-refractivity contribution in [2.24, 2.45) is 0 Å². The highest BCUT2D eigenvalue weighted by Gasteiger charge is 2.32. The first-order valence-corrected chi connectivity index (χ1v) is 9.07. The summed E-state index contributed by atoms with van der Waals surface area (Å²) in [5.74, 6) is -1.29. The molecule has 0 radical (unpaired) electrons. The number of nitrogens with zero attached hydrogens (tertiary/aromatic N) is 1. The Bertz CT molecular complexity index is 809. The summed E-state index contributed by atoms with van der Waals surface area (Å²) in [4.78, 5) is 26.1. The molecular formula is C21H25BrN2O3. The molecule has 1 aliphatic rings. The molecule has 0 aromatic heterocycles. The standard InChI is InChI=1S/C21H24N2O3.BrH/c1-2-12-23(13-10-15-6-4-3-5-7-15)14-11-16-8-9-17(24)19-18(16)20(25)21(26)22-19;/h3-9,24H,2,10-14H2,1H3,(H,22,25,26);1H. The maximum absolute atomic E-state index is 12.1. The average Bonchev–Trinajstić information content (AvgIpc) is 2.96. The monoisotopic (exact) mass is 432 g/mol. The Morgan fingerprint density at radius 3 is 2.37 bits per heavy atom. The fourth-order valence-corrected chi connectivity index (χ4v) is 3.37. The molecular weight excluding hydrogens is 408 g/mol. The van der Waals surface area contributed by atoms with Crippen molar-refractivity contribution in [2.45, 2.75) is 26.2 Å². The van der Waals surface area contributed by atoms with Crippen molar-refractivity contribution >= 4 is 34.4 Å². The smallest absolute Gasteiger partial charge is 0.296 e. The Kier molecular flexibility index (Phi) is 7.56. The van der Waals surface area contributed by atoms with Gasteiger partial charge in [0.05, 0.1) is 11.3 Å². The summed E-state index contributed by atoms with van der Waals surface area (Å²) in [5, 5.41) is 12.3. The van der Waals surface area contributed by atoms with Gasteiger partial charge in [0, 0.05) is 13.1 Å². The lowest BCUT2D eigenvalue weighted by atomic mass is 10.00. The number of phenolic OH excluding ortho intramolecular Hbond substituents is 1. The van der Waals surface area contributed by atoms with E-state index in [1.54, 1.807) is 12.1 Å². The molecule has 0 spiro atoms.